The summed E-state index contributed by atoms with van der Waals surface area (Å²) in [5.74, 6) is 0.696. The molecule has 0 aromatic heterocycles. The zero-order valence-corrected chi connectivity index (χ0v) is 22.7. The number of benzene rings is 2. The molecule has 2 fully saturated rings. The molecule has 2 aromatic carbocycles. The van der Waals surface area contributed by atoms with E-state index in [1.165, 1.54) is 7.11 Å². The van der Waals surface area contributed by atoms with Gasteiger partial charge in [0, 0.05) is 25.4 Å². The van der Waals surface area contributed by atoms with E-state index in [-0.39, 0.29) is 30.4 Å². The summed E-state index contributed by atoms with van der Waals surface area (Å²) >= 11 is 0. The largest absolute Gasteiger partial charge is 0.487 e. The highest BCUT2D eigenvalue weighted by Crippen LogP contribution is 2.51. The summed E-state index contributed by atoms with van der Waals surface area (Å²) in [7, 11) is 3.03. The third-order valence-corrected chi connectivity index (χ3v) is 8.89. The molecule has 0 unspecified atom stereocenters. The molecule has 1 spiro atoms. The van der Waals surface area contributed by atoms with Gasteiger partial charge in [0.15, 0.2) is 0 Å². The lowest BCUT2D eigenvalue weighted by Gasteiger charge is -2.52. The van der Waals surface area contributed by atoms with E-state index in [1.807, 2.05) is 19.1 Å². The van der Waals surface area contributed by atoms with E-state index < -0.39 is 34.6 Å². The van der Waals surface area contributed by atoms with Crippen LogP contribution in [-0.4, -0.2) is 36.7 Å². The van der Waals surface area contributed by atoms with E-state index in [1.54, 1.807) is 11.9 Å². The van der Waals surface area contributed by atoms with Gasteiger partial charge >= 0.3 is 18.3 Å². The lowest BCUT2D eigenvalue weighted by molar-refractivity contribution is -0.146. The van der Waals surface area contributed by atoms with Gasteiger partial charge in [0.2, 0.25) is 0 Å². The molecule has 40 heavy (non-hydrogen) atoms. The summed E-state index contributed by atoms with van der Waals surface area (Å²) in [6.07, 6.45) is -4.68. The molecule has 2 aliphatic carbocycles. The van der Waals surface area contributed by atoms with Crippen molar-refractivity contribution in [2.24, 2.45) is 11.8 Å². The highest BCUT2D eigenvalue weighted by Gasteiger charge is 2.50. The molecular weight excluding hydrogens is 536 g/mol. The standard InChI is InChI=1S/C30H33F6NO3/c1-17(27(38)39-3)26(19-5-6-19)20-7-4-18-10-11-28(40-25(18)13-20)14-23(15-28)37(2)16-21-12-22(29(31,32)33)8-9-24(21)30(34,35)36/h4,7-9,12-13,17,19,23,26H,5-6,10-11,14-16H2,1-3H3/t17-,23?,26-,28?/m0/s1. The molecule has 2 saturated carbocycles. The summed E-state index contributed by atoms with van der Waals surface area (Å²) < 4.78 is 91.9. The van der Waals surface area contributed by atoms with Crippen LogP contribution in [0.5, 0.6) is 5.75 Å². The maximum atomic E-state index is 13.6. The Hall–Kier alpha value is -2.75. The highest BCUT2D eigenvalue weighted by atomic mass is 19.4. The lowest BCUT2D eigenvalue weighted by Crippen LogP contribution is -2.58. The molecule has 1 aliphatic heterocycles. The Kier molecular flexibility index (Phi) is 7.38. The Morgan fingerprint density at radius 3 is 2.38 bits per heavy atom. The number of ether oxygens (including phenoxy) is 2. The van der Waals surface area contributed by atoms with Gasteiger partial charge in [-0.2, -0.15) is 26.3 Å². The SMILES string of the molecule is COC(=O)[C@@H](C)[C@H](c1ccc2c(c1)OC1(CC2)CC(N(C)Cc2cc(C(F)(F)F)ccc2C(F)(F)F)C1)C1CC1. The fourth-order valence-corrected chi connectivity index (χ4v) is 6.46. The van der Waals surface area contributed by atoms with Crippen molar-refractivity contribution in [3.05, 3.63) is 64.2 Å². The number of nitrogens with zero attached hydrogens (tertiary/aromatic N) is 1. The summed E-state index contributed by atoms with van der Waals surface area (Å²) in [5, 5.41) is 0. The second-order valence-electron chi connectivity index (χ2n) is 11.7. The molecule has 0 saturated heterocycles. The third kappa shape index (κ3) is 5.69. The smallest absolute Gasteiger partial charge is 0.416 e. The minimum absolute atomic E-state index is 0.0368. The van der Waals surface area contributed by atoms with E-state index in [0.29, 0.717) is 37.0 Å². The first-order chi connectivity index (χ1) is 18.7. The van der Waals surface area contributed by atoms with E-state index in [2.05, 4.69) is 6.07 Å². The molecule has 0 radical (unpaired) electrons. The first-order valence-corrected chi connectivity index (χ1v) is 13.6. The van der Waals surface area contributed by atoms with Gasteiger partial charge in [-0.15, -0.1) is 0 Å². The van der Waals surface area contributed by atoms with Crippen LogP contribution in [0.1, 0.15) is 72.8 Å². The number of esters is 1. The van der Waals surface area contributed by atoms with Crippen LogP contribution >= 0.6 is 0 Å². The Labute approximate surface area is 229 Å². The Morgan fingerprint density at radius 1 is 1.07 bits per heavy atom. The van der Waals surface area contributed by atoms with Crippen molar-refractivity contribution in [2.75, 3.05) is 14.2 Å². The molecule has 4 nitrogen and oxygen atoms in total. The zero-order chi connectivity index (χ0) is 29.0. The number of halogens is 6. The fraction of sp³-hybridized carbons (Fsp3) is 0.567. The molecular formula is C30H33F6NO3. The van der Waals surface area contributed by atoms with E-state index in [0.717, 1.165) is 42.6 Å². The summed E-state index contributed by atoms with van der Waals surface area (Å²) in [5.41, 5.74) is -0.894. The number of hydrogen-bond donors (Lipinski definition) is 0. The van der Waals surface area contributed by atoms with Gasteiger partial charge in [-0.25, -0.2) is 0 Å². The average molecular weight is 570 g/mol. The first-order valence-electron chi connectivity index (χ1n) is 13.6. The highest BCUT2D eigenvalue weighted by molar-refractivity contribution is 5.73. The average Bonchev–Trinajstić information content (AvgIpc) is 3.70. The van der Waals surface area contributed by atoms with Crippen LogP contribution < -0.4 is 4.74 Å². The molecule has 0 amide bonds. The third-order valence-electron chi connectivity index (χ3n) is 8.89. The van der Waals surface area contributed by atoms with Crippen LogP contribution in [0, 0.1) is 11.8 Å². The first kappa shape index (κ1) is 28.8. The number of carbonyl (C=O) groups excluding carboxylic acids is 1. The molecule has 10 heteroatoms. The van der Waals surface area contributed by atoms with Gasteiger partial charge in [-0.3, -0.25) is 9.69 Å². The van der Waals surface area contributed by atoms with Crippen LogP contribution in [-0.2, 0) is 34.8 Å². The number of methoxy groups -OCH3 is 1. The number of aryl methyl sites for hydroxylation is 1. The molecule has 218 valence electrons. The zero-order valence-electron chi connectivity index (χ0n) is 22.7. The van der Waals surface area contributed by atoms with E-state index >= 15 is 0 Å². The number of alkyl halides is 6. The van der Waals surface area contributed by atoms with E-state index in [4.69, 9.17) is 9.47 Å². The van der Waals surface area contributed by atoms with Crippen LogP contribution in [0.2, 0.25) is 0 Å². The maximum absolute atomic E-state index is 13.6. The van der Waals surface area contributed by atoms with Gasteiger partial charge in [0.25, 0.3) is 0 Å². The predicted octanol–water partition coefficient (Wildman–Crippen LogP) is 7.39. The number of fused-ring (bicyclic) bond motifs is 1. The molecule has 0 bridgehead atoms. The molecule has 0 N–H and O–H groups in total. The van der Waals surface area contributed by atoms with Crippen LogP contribution in [0.3, 0.4) is 0 Å². The minimum Gasteiger partial charge on any atom is -0.487 e. The van der Waals surface area contributed by atoms with Gasteiger partial charge in [0.05, 0.1) is 24.2 Å². The van der Waals surface area contributed by atoms with Crippen molar-refractivity contribution in [2.45, 2.75) is 81.9 Å². The number of rotatable bonds is 7. The van der Waals surface area contributed by atoms with Crippen molar-refractivity contribution in [3.8, 4) is 5.75 Å². The second-order valence-corrected chi connectivity index (χ2v) is 11.7. The van der Waals surface area contributed by atoms with Crippen LogP contribution in [0.4, 0.5) is 26.3 Å². The monoisotopic (exact) mass is 569 g/mol. The van der Waals surface area contributed by atoms with Gasteiger partial charge in [-0.05, 0) is 85.5 Å². The Balaban J connectivity index is 1.29. The lowest BCUT2D eigenvalue weighted by atomic mass is 9.70. The predicted molar refractivity (Wildman–Crippen MR) is 136 cm³/mol. The van der Waals surface area contributed by atoms with Crippen molar-refractivity contribution >= 4 is 5.97 Å². The molecule has 5 rings (SSSR count). The summed E-state index contributed by atoms with van der Waals surface area (Å²) in [4.78, 5) is 14.0. The van der Waals surface area contributed by atoms with Crippen molar-refractivity contribution < 1.29 is 40.6 Å². The van der Waals surface area contributed by atoms with E-state index in [9.17, 15) is 31.1 Å². The maximum Gasteiger partial charge on any atom is 0.416 e. The minimum atomic E-state index is -4.75. The molecule has 3 aliphatic rings. The van der Waals surface area contributed by atoms with Crippen molar-refractivity contribution in [1.29, 1.82) is 0 Å². The summed E-state index contributed by atoms with van der Waals surface area (Å²) in [6, 6.07) is 7.61. The Morgan fingerprint density at radius 2 is 1.77 bits per heavy atom. The normalized spacial score (nSPS) is 24.2. The van der Waals surface area contributed by atoms with Gasteiger partial charge < -0.3 is 9.47 Å². The Bertz CT molecular complexity index is 1260. The summed E-state index contributed by atoms with van der Waals surface area (Å²) in [6.45, 7) is 1.63. The second kappa shape index (κ2) is 10.3. The van der Waals surface area contributed by atoms with Gasteiger partial charge in [0.1, 0.15) is 11.4 Å². The molecule has 1 heterocycles. The quantitative estimate of drug-likeness (QED) is 0.258. The van der Waals surface area contributed by atoms with Crippen LogP contribution in [0.25, 0.3) is 0 Å². The van der Waals surface area contributed by atoms with Gasteiger partial charge in [-0.1, -0.05) is 19.1 Å². The molecule has 2 aromatic rings. The topological polar surface area (TPSA) is 38.8 Å². The number of hydrogen-bond acceptors (Lipinski definition) is 4. The van der Waals surface area contributed by atoms with Crippen LogP contribution in [0.15, 0.2) is 36.4 Å². The number of carbonyl (C=O) groups is 1. The van der Waals surface area contributed by atoms with Crippen molar-refractivity contribution in [1.82, 2.24) is 4.90 Å². The molecule has 2 atom stereocenters. The fourth-order valence-electron chi connectivity index (χ4n) is 6.46. The van der Waals surface area contributed by atoms with Crippen molar-refractivity contribution in [3.63, 3.8) is 0 Å².